The number of hydrogen-bond donors (Lipinski definition) is 1. The van der Waals surface area contributed by atoms with Crippen molar-refractivity contribution in [2.45, 2.75) is 76.9 Å². The molecule has 8 rings (SSSR count). The molecule has 0 aliphatic carbocycles. The van der Waals surface area contributed by atoms with Crippen LogP contribution in [0.4, 0.5) is 28.8 Å². The summed E-state index contributed by atoms with van der Waals surface area (Å²) in [7, 11) is 0. The summed E-state index contributed by atoms with van der Waals surface area (Å²) >= 11 is 14.2. The molecule has 12 nitrogen and oxygen atoms in total. The molecule has 0 bridgehead atoms. The molecule has 3 aliphatic rings. The fourth-order valence-electron chi connectivity index (χ4n) is 7.82. The second-order valence-electron chi connectivity index (χ2n) is 14.8. The number of benzene rings is 2. The van der Waals surface area contributed by atoms with Crippen LogP contribution in [-0.4, -0.2) is 79.5 Å². The highest BCUT2D eigenvalue weighted by Crippen LogP contribution is 2.47. The molecule has 54 heavy (non-hydrogen) atoms. The van der Waals surface area contributed by atoms with E-state index in [4.69, 9.17) is 37.7 Å². The van der Waals surface area contributed by atoms with E-state index in [9.17, 15) is 14.4 Å². The molecule has 6 heterocycles. The SMILES string of the molecule is CC(C)(C)OC(=O)Nc1sc2c(F)ccc(-c3c(Cl)cc4c(N5CCCn6nnc(Cl)c6C5)nc(OC[C@@]56CCCN5C[C@H](F)C6)nc4c3F)c2c1C#N. The maximum absolute atomic E-state index is 17.3. The van der Waals surface area contributed by atoms with E-state index in [0.29, 0.717) is 44.0 Å². The van der Waals surface area contributed by atoms with Crippen molar-refractivity contribution < 1.29 is 27.4 Å². The first-order valence-corrected chi connectivity index (χ1v) is 19.0. The van der Waals surface area contributed by atoms with Gasteiger partial charge in [-0.05, 0) is 64.3 Å². The van der Waals surface area contributed by atoms with Gasteiger partial charge >= 0.3 is 12.1 Å². The van der Waals surface area contributed by atoms with Crippen LogP contribution in [0.3, 0.4) is 0 Å². The second kappa shape index (κ2) is 13.7. The number of ether oxygens (including phenoxy) is 2. The number of halogens is 5. The van der Waals surface area contributed by atoms with E-state index in [1.165, 1.54) is 12.1 Å². The highest BCUT2D eigenvalue weighted by atomic mass is 35.5. The zero-order valence-corrected chi connectivity index (χ0v) is 31.8. The van der Waals surface area contributed by atoms with Crippen molar-refractivity contribution in [3.8, 4) is 23.2 Å². The first-order valence-electron chi connectivity index (χ1n) is 17.4. The van der Waals surface area contributed by atoms with Crippen molar-refractivity contribution in [2.24, 2.45) is 0 Å². The van der Waals surface area contributed by atoms with Gasteiger partial charge in [0.2, 0.25) is 0 Å². The van der Waals surface area contributed by atoms with E-state index in [-0.39, 0.29) is 72.0 Å². The molecular formula is C36H34Cl2F3N9O3S. The minimum atomic E-state index is -0.979. The fraction of sp³-hybridized carbons (Fsp3) is 0.444. The van der Waals surface area contributed by atoms with Crippen LogP contribution in [0.5, 0.6) is 6.01 Å². The van der Waals surface area contributed by atoms with Gasteiger partial charge in [-0.2, -0.15) is 15.2 Å². The van der Waals surface area contributed by atoms with Crippen LogP contribution in [0.25, 0.3) is 32.1 Å². The maximum Gasteiger partial charge on any atom is 0.412 e. The molecule has 5 aromatic rings. The van der Waals surface area contributed by atoms with Gasteiger partial charge in [0, 0.05) is 42.4 Å². The second-order valence-corrected chi connectivity index (χ2v) is 16.6. The standard InChI is InChI=1S/C36H34Cl2F3N9O3S/c1-35(2,3)53-34(51)45-32-21(14-42)25-19(6-7-23(40)29(25)54-32)26-22(37)12-20-28(27(26)41)43-33(52-17-36-8-4-10-49(36)15-18(39)13-36)44-31(20)48-9-5-11-50-24(16-48)30(38)46-47-50/h6-7,12,18H,4-5,8-11,13,15-17H2,1-3H3,(H,45,51)/t18-,36+/m1/s1. The van der Waals surface area contributed by atoms with Gasteiger partial charge in [0.25, 0.3) is 0 Å². The maximum atomic E-state index is 17.3. The highest BCUT2D eigenvalue weighted by Gasteiger charge is 2.49. The Morgan fingerprint density at radius 3 is 2.78 bits per heavy atom. The molecule has 0 saturated carbocycles. The summed E-state index contributed by atoms with van der Waals surface area (Å²) in [6.07, 6.45) is 0.787. The number of anilines is 2. The number of nitrogens with one attached hydrogen (secondary N) is 1. The summed E-state index contributed by atoms with van der Waals surface area (Å²) in [5, 5.41) is 21.5. The number of nitrogens with zero attached hydrogens (tertiary/aromatic N) is 8. The predicted molar refractivity (Wildman–Crippen MR) is 199 cm³/mol. The summed E-state index contributed by atoms with van der Waals surface area (Å²) in [5.74, 6) is -1.22. The van der Waals surface area contributed by atoms with Crippen molar-refractivity contribution in [3.63, 3.8) is 0 Å². The number of fused-ring (bicyclic) bond motifs is 4. The van der Waals surface area contributed by atoms with Gasteiger partial charge in [0.15, 0.2) is 11.0 Å². The molecule has 282 valence electrons. The third-order valence-electron chi connectivity index (χ3n) is 10.1. The van der Waals surface area contributed by atoms with E-state index in [0.717, 1.165) is 36.8 Å². The number of carbonyl (C=O) groups is 1. The Kier molecular flexibility index (Phi) is 9.27. The number of nitriles is 1. The van der Waals surface area contributed by atoms with Crippen LogP contribution in [0.2, 0.25) is 10.2 Å². The molecular weight excluding hydrogens is 766 g/mol. The Balaban J connectivity index is 1.28. The van der Waals surface area contributed by atoms with Crippen molar-refractivity contribution in [3.05, 3.63) is 51.3 Å². The molecule has 0 unspecified atom stereocenters. The van der Waals surface area contributed by atoms with Crippen LogP contribution in [-0.2, 0) is 17.8 Å². The van der Waals surface area contributed by atoms with Gasteiger partial charge in [0.1, 0.15) is 46.6 Å². The average Bonchev–Trinajstić information content (AvgIpc) is 3.80. The van der Waals surface area contributed by atoms with Crippen LogP contribution in [0.15, 0.2) is 18.2 Å². The summed E-state index contributed by atoms with van der Waals surface area (Å²) in [4.78, 5) is 26.1. The van der Waals surface area contributed by atoms with E-state index >= 15 is 8.78 Å². The molecule has 1 amide bonds. The molecule has 2 aromatic carbocycles. The minimum Gasteiger partial charge on any atom is -0.461 e. The number of rotatable bonds is 6. The van der Waals surface area contributed by atoms with Gasteiger partial charge in [0.05, 0.1) is 33.1 Å². The number of carbonyl (C=O) groups excluding carboxylic acids is 1. The number of hydrogen-bond acceptors (Lipinski definition) is 11. The van der Waals surface area contributed by atoms with Crippen molar-refractivity contribution in [1.29, 1.82) is 5.26 Å². The Morgan fingerprint density at radius 1 is 1.19 bits per heavy atom. The van der Waals surface area contributed by atoms with Crippen LogP contribution in [0.1, 0.15) is 57.7 Å². The van der Waals surface area contributed by atoms with E-state index in [1.54, 1.807) is 25.5 Å². The predicted octanol–water partition coefficient (Wildman–Crippen LogP) is 8.27. The third-order valence-corrected chi connectivity index (χ3v) is 11.8. The number of amides is 1. The molecule has 18 heteroatoms. The lowest BCUT2D eigenvalue weighted by Gasteiger charge is -2.31. The minimum absolute atomic E-state index is 0.00726. The Bertz CT molecular complexity index is 2380. The molecule has 2 saturated heterocycles. The van der Waals surface area contributed by atoms with E-state index in [1.807, 2.05) is 11.0 Å². The van der Waals surface area contributed by atoms with Gasteiger partial charge < -0.3 is 14.4 Å². The lowest BCUT2D eigenvalue weighted by Crippen LogP contribution is -2.43. The molecule has 3 aliphatic heterocycles. The lowest BCUT2D eigenvalue weighted by molar-refractivity contribution is 0.0636. The van der Waals surface area contributed by atoms with Gasteiger partial charge in [-0.25, -0.2) is 22.6 Å². The Labute approximate surface area is 321 Å². The molecule has 0 radical (unpaired) electrons. The lowest BCUT2D eigenvalue weighted by atomic mass is 9.95. The van der Waals surface area contributed by atoms with Crippen molar-refractivity contribution in [1.82, 2.24) is 29.9 Å². The zero-order valence-electron chi connectivity index (χ0n) is 29.5. The molecule has 1 N–H and O–H groups in total. The molecule has 2 fully saturated rings. The first kappa shape index (κ1) is 36.5. The quantitative estimate of drug-likeness (QED) is 0.179. The third kappa shape index (κ3) is 6.44. The summed E-state index contributed by atoms with van der Waals surface area (Å²) in [6, 6.07) is 5.95. The number of aryl methyl sites for hydroxylation is 1. The smallest absolute Gasteiger partial charge is 0.412 e. The van der Waals surface area contributed by atoms with Crippen molar-refractivity contribution in [2.75, 3.05) is 36.5 Å². The molecule has 3 aromatic heterocycles. The fourth-order valence-corrected chi connectivity index (χ4v) is 9.37. The Morgan fingerprint density at radius 2 is 2.00 bits per heavy atom. The van der Waals surface area contributed by atoms with E-state index < -0.39 is 35.0 Å². The summed E-state index contributed by atoms with van der Waals surface area (Å²) in [6.45, 7) is 7.52. The molecule has 2 atom stereocenters. The van der Waals surface area contributed by atoms with Crippen LogP contribution < -0.4 is 15.0 Å². The average molecular weight is 801 g/mol. The Hall–Kier alpha value is -4.43. The number of thiophene rings is 1. The zero-order chi connectivity index (χ0) is 38.1. The first-order chi connectivity index (χ1) is 25.7. The summed E-state index contributed by atoms with van der Waals surface area (Å²) in [5.41, 5.74) is -0.958. The largest absolute Gasteiger partial charge is 0.461 e. The van der Waals surface area contributed by atoms with Crippen LogP contribution in [0, 0.1) is 23.0 Å². The van der Waals surface area contributed by atoms with Gasteiger partial charge in [-0.3, -0.25) is 10.2 Å². The van der Waals surface area contributed by atoms with Gasteiger partial charge in [-0.1, -0.05) is 34.5 Å². The monoisotopic (exact) mass is 799 g/mol. The normalized spacial score (nSPS) is 20.2. The highest BCUT2D eigenvalue weighted by molar-refractivity contribution is 7.23. The van der Waals surface area contributed by atoms with Crippen LogP contribution >= 0.6 is 34.5 Å². The van der Waals surface area contributed by atoms with E-state index in [2.05, 4.69) is 25.5 Å². The van der Waals surface area contributed by atoms with Crippen molar-refractivity contribution >= 4 is 72.4 Å². The van der Waals surface area contributed by atoms with Gasteiger partial charge in [-0.15, -0.1) is 16.4 Å². The molecule has 0 spiro atoms. The number of aromatic nitrogens is 5. The number of alkyl halides is 1. The topological polar surface area (TPSA) is 134 Å². The summed E-state index contributed by atoms with van der Waals surface area (Å²) < 4.78 is 60.7.